The number of hydrogen-bond acceptors (Lipinski definition) is 2. The number of rotatable bonds is 3. The number of carbonyl (C=O) groups excluding carboxylic acids is 1. The molecule has 0 radical (unpaired) electrons. The molecule has 1 aromatic carbocycles. The fourth-order valence-corrected chi connectivity index (χ4v) is 3.67. The fraction of sp³-hybridized carbons (Fsp3) is 0.462. The maximum atomic E-state index is 12.1. The van der Waals surface area contributed by atoms with Gasteiger partial charge in [-0.05, 0) is 24.5 Å². The molecule has 86 valence electrons. The highest BCUT2D eigenvalue weighted by molar-refractivity contribution is 7.84. The van der Waals surface area contributed by atoms with Crippen LogP contribution in [0, 0.1) is 6.92 Å². The van der Waals surface area contributed by atoms with Gasteiger partial charge >= 0.3 is 0 Å². The van der Waals surface area contributed by atoms with E-state index in [-0.39, 0.29) is 11.0 Å². The third-order valence-corrected chi connectivity index (χ3v) is 4.87. The molecule has 0 heterocycles. The second kappa shape index (κ2) is 4.91. The van der Waals surface area contributed by atoms with Crippen LogP contribution in [0.1, 0.15) is 30.4 Å². The summed E-state index contributed by atoms with van der Waals surface area (Å²) in [5.74, 6) is 0.855. The third-order valence-electron chi connectivity index (χ3n) is 3.13. The zero-order valence-corrected chi connectivity index (χ0v) is 10.3. The van der Waals surface area contributed by atoms with Gasteiger partial charge in [0.2, 0.25) is 0 Å². The van der Waals surface area contributed by atoms with Crippen LogP contribution in [0.3, 0.4) is 0 Å². The van der Waals surface area contributed by atoms with Crippen LogP contribution in [-0.4, -0.2) is 15.2 Å². The van der Waals surface area contributed by atoms with Crippen LogP contribution >= 0.6 is 0 Å². The van der Waals surface area contributed by atoms with Gasteiger partial charge in [-0.2, -0.15) is 0 Å². The Balaban J connectivity index is 2.03. The summed E-state index contributed by atoms with van der Waals surface area (Å²) in [7, 11) is -0.898. The molecule has 0 N–H and O–H groups in total. The molecule has 1 saturated carbocycles. The molecule has 1 fully saturated rings. The number of hydrogen-bond donors (Lipinski definition) is 0. The molecule has 1 aliphatic carbocycles. The number of benzene rings is 1. The second-order valence-corrected chi connectivity index (χ2v) is 6.07. The summed E-state index contributed by atoms with van der Waals surface area (Å²) in [6.45, 7) is 2.03. The molecule has 2 nitrogen and oxygen atoms in total. The van der Waals surface area contributed by atoms with Gasteiger partial charge in [-0.1, -0.05) is 24.3 Å². The van der Waals surface area contributed by atoms with Crippen molar-refractivity contribution in [1.82, 2.24) is 0 Å². The summed E-state index contributed by atoms with van der Waals surface area (Å²) < 4.78 is 12.1. The van der Waals surface area contributed by atoms with Crippen molar-refractivity contribution in [1.29, 1.82) is 0 Å². The van der Waals surface area contributed by atoms with Crippen LogP contribution in [-0.2, 0) is 21.3 Å². The Labute approximate surface area is 98.5 Å². The van der Waals surface area contributed by atoms with Gasteiger partial charge in [0.25, 0.3) is 0 Å². The van der Waals surface area contributed by atoms with Crippen molar-refractivity contribution < 1.29 is 9.00 Å². The number of carbonyl (C=O) groups is 1. The minimum atomic E-state index is -0.898. The standard InChI is InChI=1S/C13H16O2S/c1-10-4-2-3-5-11(10)9-16(15)13-7-6-12(14)8-13/h2-5,13H,6-9H2,1H3. The van der Waals surface area contributed by atoms with E-state index in [9.17, 15) is 9.00 Å². The second-order valence-electron chi connectivity index (χ2n) is 4.36. The van der Waals surface area contributed by atoms with E-state index in [1.807, 2.05) is 31.2 Å². The van der Waals surface area contributed by atoms with E-state index in [2.05, 4.69) is 0 Å². The Morgan fingerprint density at radius 2 is 2.12 bits per heavy atom. The van der Waals surface area contributed by atoms with Crippen molar-refractivity contribution in [2.24, 2.45) is 0 Å². The average molecular weight is 236 g/mol. The van der Waals surface area contributed by atoms with Crippen LogP contribution in [0.2, 0.25) is 0 Å². The Kier molecular flexibility index (Phi) is 3.54. The van der Waals surface area contributed by atoms with E-state index in [0.29, 0.717) is 18.6 Å². The predicted molar refractivity (Wildman–Crippen MR) is 65.7 cm³/mol. The first-order valence-corrected chi connectivity index (χ1v) is 6.98. The largest absolute Gasteiger partial charge is 0.300 e. The summed E-state index contributed by atoms with van der Waals surface area (Å²) >= 11 is 0. The van der Waals surface area contributed by atoms with Gasteiger partial charge in [-0.15, -0.1) is 0 Å². The maximum Gasteiger partial charge on any atom is 0.134 e. The van der Waals surface area contributed by atoms with Crippen molar-refractivity contribution in [2.75, 3.05) is 0 Å². The van der Waals surface area contributed by atoms with E-state index in [1.165, 1.54) is 5.56 Å². The average Bonchev–Trinajstić information content (AvgIpc) is 2.68. The normalized spacial score (nSPS) is 22.3. The van der Waals surface area contributed by atoms with Gasteiger partial charge in [0.05, 0.1) is 0 Å². The maximum absolute atomic E-state index is 12.1. The van der Waals surface area contributed by atoms with Gasteiger partial charge in [-0.25, -0.2) is 0 Å². The SMILES string of the molecule is Cc1ccccc1CS(=O)C1CCC(=O)C1. The highest BCUT2D eigenvalue weighted by Crippen LogP contribution is 2.23. The molecule has 0 bridgehead atoms. The van der Waals surface area contributed by atoms with E-state index in [4.69, 9.17) is 0 Å². The van der Waals surface area contributed by atoms with Crippen molar-refractivity contribution in [3.8, 4) is 0 Å². The van der Waals surface area contributed by atoms with Crippen molar-refractivity contribution in [3.05, 3.63) is 35.4 Å². The fourth-order valence-electron chi connectivity index (χ4n) is 2.05. The molecule has 1 aliphatic rings. The van der Waals surface area contributed by atoms with Gasteiger partial charge in [0.15, 0.2) is 0 Å². The molecular weight excluding hydrogens is 220 g/mol. The monoisotopic (exact) mass is 236 g/mol. The minimum absolute atomic E-state index is 0.0899. The van der Waals surface area contributed by atoms with E-state index in [1.54, 1.807) is 0 Å². The first-order valence-electron chi connectivity index (χ1n) is 5.60. The smallest absolute Gasteiger partial charge is 0.134 e. The molecule has 0 saturated heterocycles. The van der Waals surface area contributed by atoms with E-state index < -0.39 is 10.8 Å². The molecule has 2 unspecified atom stereocenters. The minimum Gasteiger partial charge on any atom is -0.300 e. The molecule has 3 heteroatoms. The quantitative estimate of drug-likeness (QED) is 0.807. The lowest BCUT2D eigenvalue weighted by atomic mass is 10.1. The Morgan fingerprint density at radius 3 is 2.75 bits per heavy atom. The van der Waals surface area contributed by atoms with Crippen LogP contribution in [0.4, 0.5) is 0 Å². The highest BCUT2D eigenvalue weighted by Gasteiger charge is 2.27. The molecule has 2 rings (SSSR count). The van der Waals surface area contributed by atoms with Crippen molar-refractivity contribution in [2.45, 2.75) is 37.2 Å². The van der Waals surface area contributed by atoms with E-state index >= 15 is 0 Å². The van der Waals surface area contributed by atoms with Crippen LogP contribution in [0.25, 0.3) is 0 Å². The lowest BCUT2D eigenvalue weighted by molar-refractivity contribution is -0.117. The molecule has 1 aromatic rings. The van der Waals surface area contributed by atoms with Crippen LogP contribution < -0.4 is 0 Å². The zero-order chi connectivity index (χ0) is 11.5. The van der Waals surface area contributed by atoms with Gasteiger partial charge < -0.3 is 0 Å². The molecule has 0 amide bonds. The summed E-state index contributed by atoms with van der Waals surface area (Å²) in [5.41, 5.74) is 2.32. The highest BCUT2D eigenvalue weighted by atomic mass is 32.2. The third kappa shape index (κ3) is 2.59. The van der Waals surface area contributed by atoms with Crippen molar-refractivity contribution in [3.63, 3.8) is 0 Å². The van der Waals surface area contributed by atoms with Crippen LogP contribution in [0.5, 0.6) is 0 Å². The summed E-state index contributed by atoms with van der Waals surface area (Å²) in [4.78, 5) is 11.1. The molecule has 2 atom stereocenters. The number of Topliss-reactive ketones (excluding diaryl/α,β-unsaturated/α-hetero) is 1. The van der Waals surface area contributed by atoms with Gasteiger partial charge in [-0.3, -0.25) is 9.00 Å². The van der Waals surface area contributed by atoms with Gasteiger partial charge in [0, 0.05) is 34.6 Å². The first-order chi connectivity index (χ1) is 7.66. The number of ketones is 1. The lowest BCUT2D eigenvalue weighted by Gasteiger charge is -2.10. The zero-order valence-electron chi connectivity index (χ0n) is 9.44. The Bertz CT molecular complexity index is 426. The summed E-state index contributed by atoms with van der Waals surface area (Å²) in [6.07, 6.45) is 1.93. The molecule has 16 heavy (non-hydrogen) atoms. The Morgan fingerprint density at radius 1 is 1.38 bits per heavy atom. The molecule has 0 aliphatic heterocycles. The lowest BCUT2D eigenvalue weighted by Crippen LogP contribution is -2.13. The molecular formula is C13H16O2S. The van der Waals surface area contributed by atoms with Crippen LogP contribution in [0.15, 0.2) is 24.3 Å². The van der Waals surface area contributed by atoms with E-state index in [0.717, 1.165) is 12.0 Å². The Hall–Kier alpha value is -0.960. The summed E-state index contributed by atoms with van der Waals surface area (Å²) in [5, 5.41) is 0.0899. The first kappa shape index (κ1) is 11.5. The predicted octanol–water partition coefficient (Wildman–Crippen LogP) is 2.37. The molecule has 0 aromatic heterocycles. The molecule has 0 spiro atoms. The summed E-state index contributed by atoms with van der Waals surface area (Å²) in [6, 6.07) is 8.01. The topological polar surface area (TPSA) is 34.1 Å². The van der Waals surface area contributed by atoms with Gasteiger partial charge in [0.1, 0.15) is 5.78 Å². The number of aryl methyl sites for hydroxylation is 1. The van der Waals surface area contributed by atoms with Crippen molar-refractivity contribution >= 4 is 16.6 Å².